The molecule has 0 spiro atoms. The van der Waals surface area contributed by atoms with Crippen molar-refractivity contribution in [2.45, 2.75) is 12.8 Å². The van der Waals surface area contributed by atoms with Gasteiger partial charge in [0.15, 0.2) is 0 Å². The Morgan fingerprint density at radius 3 is 2.90 bits per heavy atom. The molecule has 0 aromatic heterocycles. The molecule has 4 heteroatoms. The summed E-state index contributed by atoms with van der Waals surface area (Å²) >= 11 is 0. The largest absolute Gasteiger partial charge is 0.369 e. The minimum atomic E-state index is 0.763. The van der Waals surface area contributed by atoms with E-state index in [4.69, 9.17) is 5.73 Å². The quantitative estimate of drug-likeness (QED) is 0.391. The third kappa shape index (κ3) is 5.99. The average Bonchev–Trinajstić information content (AvgIpc) is 2.47. The third-order valence-corrected chi connectivity index (χ3v) is 2.97. The zero-order valence-electron chi connectivity index (χ0n) is 12.4. The summed E-state index contributed by atoms with van der Waals surface area (Å²) in [5.41, 5.74) is 7.55. The summed E-state index contributed by atoms with van der Waals surface area (Å²) in [6.45, 7) is 7.11. The first-order valence-electron chi connectivity index (χ1n) is 7.14. The Labute approximate surface area is 122 Å². The Morgan fingerprint density at radius 2 is 2.15 bits per heavy atom. The van der Waals surface area contributed by atoms with Crippen molar-refractivity contribution in [1.82, 2.24) is 5.32 Å². The number of aliphatic imine (C=N–C) groups is 1. The SMILES string of the molecule is C=CCN(C)c1ccccc1N=CCNCCCCN. The number of hydrogen-bond donors (Lipinski definition) is 2. The lowest BCUT2D eigenvalue weighted by atomic mass is 10.2. The number of benzene rings is 1. The summed E-state index contributed by atoms with van der Waals surface area (Å²) in [5.74, 6) is 0. The molecule has 110 valence electrons. The van der Waals surface area contributed by atoms with Gasteiger partial charge in [0.05, 0.1) is 11.4 Å². The minimum Gasteiger partial charge on any atom is -0.369 e. The Kier molecular flexibility index (Phi) is 8.35. The molecule has 1 aromatic carbocycles. The van der Waals surface area contributed by atoms with E-state index in [-0.39, 0.29) is 0 Å². The summed E-state index contributed by atoms with van der Waals surface area (Å²) in [5, 5.41) is 3.33. The number of rotatable bonds is 10. The van der Waals surface area contributed by atoms with Gasteiger partial charge < -0.3 is 16.0 Å². The fraction of sp³-hybridized carbons (Fsp3) is 0.438. The van der Waals surface area contributed by atoms with Crippen LogP contribution in [-0.2, 0) is 0 Å². The number of nitrogens with two attached hydrogens (primary N) is 1. The number of unbranched alkanes of at least 4 members (excludes halogenated alkanes) is 1. The van der Waals surface area contributed by atoms with E-state index in [0.717, 1.165) is 50.4 Å². The van der Waals surface area contributed by atoms with Crippen LogP contribution in [0.25, 0.3) is 0 Å². The molecule has 1 aromatic rings. The van der Waals surface area contributed by atoms with Crippen molar-refractivity contribution in [2.75, 3.05) is 38.1 Å². The number of nitrogens with one attached hydrogen (secondary N) is 1. The van der Waals surface area contributed by atoms with Crippen molar-refractivity contribution >= 4 is 17.6 Å². The molecule has 0 unspecified atom stereocenters. The number of para-hydroxylation sites is 2. The molecule has 0 aliphatic carbocycles. The highest BCUT2D eigenvalue weighted by molar-refractivity contribution is 5.73. The van der Waals surface area contributed by atoms with E-state index in [1.165, 1.54) is 0 Å². The second kappa shape index (κ2) is 10.2. The summed E-state index contributed by atoms with van der Waals surface area (Å²) in [6.07, 6.45) is 5.99. The number of hydrogen-bond acceptors (Lipinski definition) is 4. The van der Waals surface area contributed by atoms with Crippen LogP contribution in [0.2, 0.25) is 0 Å². The van der Waals surface area contributed by atoms with Crippen LogP contribution in [0.5, 0.6) is 0 Å². The van der Waals surface area contributed by atoms with Gasteiger partial charge in [-0.25, -0.2) is 0 Å². The third-order valence-electron chi connectivity index (χ3n) is 2.97. The van der Waals surface area contributed by atoms with Gasteiger partial charge in [0, 0.05) is 26.4 Å². The van der Waals surface area contributed by atoms with Crippen LogP contribution in [-0.4, -0.2) is 39.4 Å². The number of anilines is 1. The smallest absolute Gasteiger partial charge is 0.0859 e. The summed E-state index contributed by atoms with van der Waals surface area (Å²) in [7, 11) is 2.04. The van der Waals surface area contributed by atoms with Crippen LogP contribution in [0.3, 0.4) is 0 Å². The molecule has 20 heavy (non-hydrogen) atoms. The predicted molar refractivity (Wildman–Crippen MR) is 89.2 cm³/mol. The molecule has 0 aliphatic heterocycles. The van der Waals surface area contributed by atoms with Crippen molar-refractivity contribution < 1.29 is 0 Å². The van der Waals surface area contributed by atoms with Gasteiger partial charge >= 0.3 is 0 Å². The lowest BCUT2D eigenvalue weighted by Crippen LogP contribution is -2.18. The highest BCUT2D eigenvalue weighted by atomic mass is 15.1. The van der Waals surface area contributed by atoms with Crippen LogP contribution >= 0.6 is 0 Å². The maximum Gasteiger partial charge on any atom is 0.0859 e. The standard InChI is InChI=1S/C16H26N4/c1-3-14-20(2)16-9-5-4-8-15(16)19-13-12-18-11-7-6-10-17/h3-5,8-9,13,18H,1,6-7,10-12,14,17H2,2H3. The van der Waals surface area contributed by atoms with Gasteiger partial charge in [-0.05, 0) is 38.1 Å². The Hall–Kier alpha value is -1.65. The second-order valence-corrected chi connectivity index (χ2v) is 4.67. The van der Waals surface area contributed by atoms with Crippen molar-refractivity contribution in [3.63, 3.8) is 0 Å². The minimum absolute atomic E-state index is 0.763. The van der Waals surface area contributed by atoms with Gasteiger partial charge in [0.25, 0.3) is 0 Å². The number of likely N-dealkylation sites (N-methyl/N-ethyl adjacent to an activating group) is 1. The van der Waals surface area contributed by atoms with Gasteiger partial charge in [-0.2, -0.15) is 0 Å². The molecular formula is C16H26N4. The first-order chi connectivity index (χ1) is 9.79. The van der Waals surface area contributed by atoms with Crippen LogP contribution in [0.15, 0.2) is 41.9 Å². The van der Waals surface area contributed by atoms with Crippen molar-refractivity contribution in [3.05, 3.63) is 36.9 Å². The molecule has 0 amide bonds. The normalized spacial score (nSPS) is 10.9. The van der Waals surface area contributed by atoms with Crippen molar-refractivity contribution in [2.24, 2.45) is 10.7 Å². The van der Waals surface area contributed by atoms with E-state index in [0.29, 0.717) is 0 Å². The fourth-order valence-corrected chi connectivity index (χ4v) is 1.89. The molecular weight excluding hydrogens is 248 g/mol. The molecule has 1 rings (SSSR count). The lowest BCUT2D eigenvalue weighted by Gasteiger charge is -2.18. The summed E-state index contributed by atoms with van der Waals surface area (Å²) in [6, 6.07) is 8.14. The van der Waals surface area contributed by atoms with Gasteiger partial charge in [-0.15, -0.1) is 6.58 Å². The highest BCUT2D eigenvalue weighted by Crippen LogP contribution is 2.26. The van der Waals surface area contributed by atoms with E-state index in [2.05, 4.69) is 27.9 Å². The van der Waals surface area contributed by atoms with Gasteiger partial charge in [0.2, 0.25) is 0 Å². The maximum absolute atomic E-state index is 5.45. The fourth-order valence-electron chi connectivity index (χ4n) is 1.89. The van der Waals surface area contributed by atoms with Crippen LogP contribution < -0.4 is 16.0 Å². The molecule has 0 fully saturated rings. The first kappa shape index (κ1) is 16.4. The topological polar surface area (TPSA) is 53.6 Å². The molecule has 0 radical (unpaired) electrons. The van der Waals surface area contributed by atoms with Gasteiger partial charge in [0.1, 0.15) is 0 Å². The molecule has 0 aliphatic rings. The molecule has 3 N–H and O–H groups in total. The maximum atomic E-state index is 5.45. The van der Waals surface area contributed by atoms with E-state index >= 15 is 0 Å². The van der Waals surface area contributed by atoms with Crippen molar-refractivity contribution in [3.8, 4) is 0 Å². The van der Waals surface area contributed by atoms with E-state index in [9.17, 15) is 0 Å². The average molecular weight is 274 g/mol. The van der Waals surface area contributed by atoms with E-state index < -0.39 is 0 Å². The van der Waals surface area contributed by atoms with Gasteiger partial charge in [-0.1, -0.05) is 18.2 Å². The highest BCUT2D eigenvalue weighted by Gasteiger charge is 2.03. The zero-order chi connectivity index (χ0) is 14.6. The zero-order valence-corrected chi connectivity index (χ0v) is 12.4. The molecule has 0 bridgehead atoms. The van der Waals surface area contributed by atoms with E-state index in [1.54, 1.807) is 0 Å². The van der Waals surface area contributed by atoms with Crippen molar-refractivity contribution in [1.29, 1.82) is 0 Å². The number of nitrogens with zero attached hydrogens (tertiary/aromatic N) is 2. The first-order valence-corrected chi connectivity index (χ1v) is 7.14. The van der Waals surface area contributed by atoms with Crippen LogP contribution in [0.1, 0.15) is 12.8 Å². The lowest BCUT2D eigenvalue weighted by molar-refractivity contribution is 0.670. The monoisotopic (exact) mass is 274 g/mol. The summed E-state index contributed by atoms with van der Waals surface area (Å²) < 4.78 is 0. The second-order valence-electron chi connectivity index (χ2n) is 4.67. The molecule has 0 atom stereocenters. The Morgan fingerprint density at radius 1 is 1.35 bits per heavy atom. The molecule has 0 saturated carbocycles. The Bertz CT molecular complexity index is 415. The summed E-state index contributed by atoms with van der Waals surface area (Å²) in [4.78, 5) is 6.67. The van der Waals surface area contributed by atoms with Gasteiger partial charge in [-0.3, -0.25) is 4.99 Å². The molecule has 0 saturated heterocycles. The molecule has 4 nitrogen and oxygen atoms in total. The predicted octanol–water partition coefficient (Wildman–Crippen LogP) is 2.34. The van der Waals surface area contributed by atoms with Crippen LogP contribution in [0, 0.1) is 0 Å². The van der Waals surface area contributed by atoms with E-state index in [1.807, 2.05) is 37.5 Å². The Balaban J connectivity index is 2.48. The van der Waals surface area contributed by atoms with Crippen LogP contribution in [0.4, 0.5) is 11.4 Å². The molecule has 0 heterocycles.